The maximum atomic E-state index is 13.6. The molecule has 0 spiro atoms. The van der Waals surface area contributed by atoms with Crippen molar-refractivity contribution in [3.05, 3.63) is 53.3 Å². The van der Waals surface area contributed by atoms with Crippen molar-refractivity contribution in [2.75, 3.05) is 11.1 Å². The number of thioether (sulfide) groups is 2. The number of halogens is 1. The Kier molecular flexibility index (Phi) is 7.35. The van der Waals surface area contributed by atoms with Gasteiger partial charge >= 0.3 is 0 Å². The van der Waals surface area contributed by atoms with Crippen molar-refractivity contribution in [2.24, 2.45) is 0 Å². The summed E-state index contributed by atoms with van der Waals surface area (Å²) in [7, 11) is 0. The quantitative estimate of drug-likeness (QED) is 0.531. The summed E-state index contributed by atoms with van der Waals surface area (Å²) >= 11 is 2.30. The fourth-order valence-corrected chi connectivity index (χ4v) is 3.69. The van der Waals surface area contributed by atoms with Gasteiger partial charge in [0.2, 0.25) is 5.91 Å². The lowest BCUT2D eigenvalue weighted by molar-refractivity contribution is -0.113. The number of hydrogen-bond acceptors (Lipinski definition) is 4. The van der Waals surface area contributed by atoms with Gasteiger partial charge < -0.3 is 5.32 Å². The van der Waals surface area contributed by atoms with Gasteiger partial charge in [0.05, 0.1) is 5.75 Å². The van der Waals surface area contributed by atoms with Crippen LogP contribution in [0.25, 0.3) is 0 Å². The van der Waals surface area contributed by atoms with Crippen LogP contribution in [-0.2, 0) is 17.6 Å². The van der Waals surface area contributed by atoms with E-state index in [4.69, 9.17) is 5.26 Å². The van der Waals surface area contributed by atoms with Gasteiger partial charge in [0.25, 0.3) is 0 Å². The Morgan fingerprint density at radius 1 is 1.20 bits per heavy atom. The zero-order chi connectivity index (χ0) is 18.2. The minimum Gasteiger partial charge on any atom is -0.325 e. The smallest absolute Gasteiger partial charge is 0.234 e. The molecule has 2 aromatic rings. The fourth-order valence-electron chi connectivity index (χ4n) is 2.45. The number of nitriles is 1. The van der Waals surface area contributed by atoms with E-state index in [9.17, 15) is 9.18 Å². The van der Waals surface area contributed by atoms with Crippen LogP contribution >= 0.6 is 23.5 Å². The van der Waals surface area contributed by atoms with E-state index in [1.807, 2.05) is 26.0 Å². The zero-order valence-electron chi connectivity index (χ0n) is 14.1. The molecule has 0 saturated carbocycles. The number of hydrogen-bond donors (Lipinski definition) is 1. The van der Waals surface area contributed by atoms with Crippen molar-refractivity contribution in [3.63, 3.8) is 0 Å². The Labute approximate surface area is 156 Å². The molecule has 130 valence electrons. The Balaban J connectivity index is 2.14. The predicted molar refractivity (Wildman–Crippen MR) is 102 cm³/mol. The second-order valence-corrected chi connectivity index (χ2v) is 7.16. The standard InChI is InChI=1S/C19H19FN2OS2/c1-3-13-9-15(25-12-21)10-14(4-2)19(13)22-18(23)11-24-17-8-6-5-7-16(17)20/h5-10H,3-4,11H2,1-2H3,(H,22,23). The molecule has 0 aliphatic carbocycles. The molecule has 0 aromatic heterocycles. The average Bonchev–Trinajstić information content (AvgIpc) is 2.62. The molecule has 6 heteroatoms. The number of rotatable bonds is 7. The number of carbonyl (C=O) groups is 1. The van der Waals surface area contributed by atoms with Gasteiger partial charge in [-0.3, -0.25) is 4.79 Å². The highest BCUT2D eigenvalue weighted by Crippen LogP contribution is 2.30. The molecule has 0 unspecified atom stereocenters. The van der Waals surface area contributed by atoms with Crippen molar-refractivity contribution in [2.45, 2.75) is 36.5 Å². The molecule has 0 aliphatic rings. The summed E-state index contributed by atoms with van der Waals surface area (Å²) in [5.74, 6) is -0.345. The van der Waals surface area contributed by atoms with Gasteiger partial charge in [-0.05, 0) is 60.0 Å². The predicted octanol–water partition coefficient (Wildman–Crippen LogP) is 5.25. The molecule has 3 nitrogen and oxygen atoms in total. The van der Waals surface area contributed by atoms with Crippen LogP contribution < -0.4 is 5.32 Å². The van der Waals surface area contributed by atoms with E-state index in [2.05, 4.69) is 10.7 Å². The fraction of sp³-hybridized carbons (Fsp3) is 0.263. The van der Waals surface area contributed by atoms with Crippen LogP contribution in [0, 0.1) is 16.5 Å². The molecule has 0 aliphatic heterocycles. The molecule has 0 heterocycles. The van der Waals surface area contributed by atoms with Crippen molar-refractivity contribution in [1.82, 2.24) is 0 Å². The topological polar surface area (TPSA) is 52.9 Å². The van der Waals surface area contributed by atoms with E-state index in [-0.39, 0.29) is 17.5 Å². The first kappa shape index (κ1) is 19.4. The largest absolute Gasteiger partial charge is 0.325 e. The average molecular weight is 375 g/mol. The van der Waals surface area contributed by atoms with Crippen LogP contribution in [0.4, 0.5) is 10.1 Å². The van der Waals surface area contributed by atoms with Crippen LogP contribution in [-0.4, -0.2) is 11.7 Å². The van der Waals surface area contributed by atoms with Gasteiger partial charge in [-0.25, -0.2) is 4.39 Å². The summed E-state index contributed by atoms with van der Waals surface area (Å²) in [6, 6.07) is 10.3. The summed E-state index contributed by atoms with van der Waals surface area (Å²) in [6.45, 7) is 4.03. The van der Waals surface area contributed by atoms with Gasteiger partial charge in [-0.15, -0.1) is 11.8 Å². The minimum absolute atomic E-state index is 0.141. The molecule has 0 bridgehead atoms. The number of nitrogens with zero attached hydrogens (tertiary/aromatic N) is 1. The summed E-state index contributed by atoms with van der Waals surface area (Å²) in [5.41, 5.74) is 2.81. The maximum absolute atomic E-state index is 13.6. The van der Waals surface area contributed by atoms with Gasteiger partial charge in [-0.1, -0.05) is 26.0 Å². The normalized spacial score (nSPS) is 10.3. The first-order valence-electron chi connectivity index (χ1n) is 7.97. The third-order valence-corrected chi connectivity index (χ3v) is 5.27. The number of carbonyl (C=O) groups excluding carboxylic acids is 1. The molecular weight excluding hydrogens is 355 g/mol. The van der Waals surface area contributed by atoms with Gasteiger partial charge in [-0.2, -0.15) is 5.26 Å². The lowest BCUT2D eigenvalue weighted by Crippen LogP contribution is -2.17. The second kappa shape index (κ2) is 9.50. The highest BCUT2D eigenvalue weighted by molar-refractivity contribution is 8.03. The Morgan fingerprint density at radius 2 is 1.84 bits per heavy atom. The highest BCUT2D eigenvalue weighted by Gasteiger charge is 2.13. The van der Waals surface area contributed by atoms with E-state index in [0.29, 0.717) is 4.90 Å². The maximum Gasteiger partial charge on any atom is 0.234 e. The van der Waals surface area contributed by atoms with Crippen molar-refractivity contribution in [1.29, 1.82) is 5.26 Å². The summed E-state index contributed by atoms with van der Waals surface area (Å²) < 4.78 is 13.6. The summed E-state index contributed by atoms with van der Waals surface area (Å²) in [6.07, 6.45) is 1.51. The molecule has 25 heavy (non-hydrogen) atoms. The lowest BCUT2D eigenvalue weighted by Gasteiger charge is -2.16. The number of thiocyanates is 1. The third kappa shape index (κ3) is 5.25. The van der Waals surface area contributed by atoms with Crippen LogP contribution in [0.15, 0.2) is 46.2 Å². The second-order valence-electron chi connectivity index (χ2n) is 5.28. The van der Waals surface area contributed by atoms with E-state index < -0.39 is 0 Å². The molecule has 2 aromatic carbocycles. The van der Waals surface area contributed by atoms with E-state index in [1.54, 1.807) is 18.2 Å². The Morgan fingerprint density at radius 3 is 2.40 bits per heavy atom. The van der Waals surface area contributed by atoms with Crippen molar-refractivity contribution >= 4 is 35.1 Å². The van der Waals surface area contributed by atoms with Crippen LogP contribution in [0.5, 0.6) is 0 Å². The van der Waals surface area contributed by atoms with E-state index in [0.717, 1.165) is 46.3 Å². The molecular formula is C19H19FN2OS2. The lowest BCUT2D eigenvalue weighted by atomic mass is 10.0. The first-order valence-corrected chi connectivity index (χ1v) is 9.78. The Bertz CT molecular complexity index is 777. The van der Waals surface area contributed by atoms with E-state index >= 15 is 0 Å². The molecule has 1 amide bonds. The number of benzene rings is 2. The monoisotopic (exact) mass is 374 g/mol. The molecule has 2 rings (SSSR count). The van der Waals surface area contributed by atoms with Crippen LogP contribution in [0.2, 0.25) is 0 Å². The van der Waals surface area contributed by atoms with Crippen molar-refractivity contribution in [3.8, 4) is 5.40 Å². The number of nitrogens with one attached hydrogen (secondary N) is 1. The SMILES string of the molecule is CCc1cc(SC#N)cc(CC)c1NC(=O)CSc1ccccc1F. The summed E-state index contributed by atoms with van der Waals surface area (Å²) in [4.78, 5) is 13.7. The minimum atomic E-state index is -0.318. The molecule has 0 atom stereocenters. The van der Waals surface area contributed by atoms with Crippen LogP contribution in [0.1, 0.15) is 25.0 Å². The van der Waals surface area contributed by atoms with Crippen molar-refractivity contribution < 1.29 is 9.18 Å². The van der Waals surface area contributed by atoms with Gasteiger partial charge in [0.1, 0.15) is 11.2 Å². The Hall–Kier alpha value is -1.97. The highest BCUT2D eigenvalue weighted by atomic mass is 32.2. The molecule has 0 saturated heterocycles. The van der Waals surface area contributed by atoms with Gasteiger partial charge in [0, 0.05) is 15.5 Å². The zero-order valence-corrected chi connectivity index (χ0v) is 15.8. The first-order chi connectivity index (χ1) is 12.1. The van der Waals surface area contributed by atoms with Gasteiger partial charge in [0.15, 0.2) is 0 Å². The molecule has 1 N–H and O–H groups in total. The van der Waals surface area contributed by atoms with Crippen LogP contribution in [0.3, 0.4) is 0 Å². The number of aryl methyl sites for hydroxylation is 2. The summed E-state index contributed by atoms with van der Waals surface area (Å²) in [5, 5.41) is 13.9. The molecule has 0 radical (unpaired) electrons. The molecule has 0 fully saturated rings. The van der Waals surface area contributed by atoms with E-state index in [1.165, 1.54) is 17.8 Å². The third-order valence-electron chi connectivity index (χ3n) is 3.66. The number of amides is 1. The number of anilines is 1.